The van der Waals surface area contributed by atoms with Crippen LogP contribution >= 0.6 is 0 Å². The molecule has 0 atom stereocenters. The van der Waals surface area contributed by atoms with Gasteiger partial charge in [-0.1, -0.05) is 30.3 Å². The summed E-state index contributed by atoms with van der Waals surface area (Å²) < 4.78 is 4.68. The summed E-state index contributed by atoms with van der Waals surface area (Å²) in [4.78, 5) is 16.5. The van der Waals surface area contributed by atoms with Crippen LogP contribution < -0.4 is 16.0 Å². The van der Waals surface area contributed by atoms with E-state index in [9.17, 15) is 4.79 Å². The van der Waals surface area contributed by atoms with Crippen LogP contribution in [0.25, 0.3) is 21.8 Å². The van der Waals surface area contributed by atoms with Crippen LogP contribution in [0.3, 0.4) is 0 Å². The Labute approximate surface area is 175 Å². The molecule has 6 heteroatoms. The van der Waals surface area contributed by atoms with E-state index in [0.717, 1.165) is 44.4 Å². The molecule has 0 unspecified atom stereocenters. The molecule has 0 bridgehead atoms. The van der Waals surface area contributed by atoms with Crippen LogP contribution in [0.4, 0.5) is 27.5 Å². The minimum Gasteiger partial charge on any atom is -0.453 e. The van der Waals surface area contributed by atoms with E-state index in [4.69, 9.17) is 4.98 Å². The molecular weight excluding hydrogens is 376 g/mol. The van der Waals surface area contributed by atoms with Crippen LogP contribution in [0.5, 0.6) is 0 Å². The van der Waals surface area contributed by atoms with E-state index in [-0.39, 0.29) is 0 Å². The Morgan fingerprint density at radius 2 is 1.80 bits per heavy atom. The van der Waals surface area contributed by atoms with Crippen LogP contribution in [-0.2, 0) is 4.74 Å². The monoisotopic (exact) mass is 400 g/mol. The normalized spacial score (nSPS) is 10.8. The van der Waals surface area contributed by atoms with Gasteiger partial charge in [0, 0.05) is 23.5 Å². The van der Waals surface area contributed by atoms with E-state index >= 15 is 0 Å². The third-order valence-electron chi connectivity index (χ3n) is 5.14. The molecule has 0 spiro atoms. The third kappa shape index (κ3) is 3.59. The van der Waals surface area contributed by atoms with Crippen LogP contribution in [0.15, 0.2) is 54.6 Å². The van der Waals surface area contributed by atoms with Gasteiger partial charge in [0.1, 0.15) is 0 Å². The maximum Gasteiger partial charge on any atom is 0.411 e. The minimum atomic E-state index is -0.505. The Morgan fingerprint density at radius 3 is 2.57 bits per heavy atom. The molecule has 1 amide bonds. The summed E-state index contributed by atoms with van der Waals surface area (Å²) in [5.41, 5.74) is 7.62. The zero-order valence-electron chi connectivity index (χ0n) is 17.5. The van der Waals surface area contributed by atoms with Gasteiger partial charge in [-0.3, -0.25) is 5.32 Å². The molecule has 30 heavy (non-hydrogen) atoms. The first-order valence-corrected chi connectivity index (χ1v) is 9.73. The highest BCUT2D eigenvalue weighted by atomic mass is 16.5. The maximum atomic E-state index is 11.5. The lowest BCUT2D eigenvalue weighted by molar-refractivity contribution is 0.187. The number of aryl methyl sites for hydroxylation is 2. The van der Waals surface area contributed by atoms with Crippen molar-refractivity contribution in [2.45, 2.75) is 13.8 Å². The van der Waals surface area contributed by atoms with Crippen molar-refractivity contribution in [2.24, 2.45) is 0 Å². The van der Waals surface area contributed by atoms with E-state index < -0.39 is 6.09 Å². The number of ether oxygens (including phenoxy) is 1. The highest BCUT2D eigenvalue weighted by Gasteiger charge is 2.13. The number of nitrogens with zero attached hydrogens (tertiary/aromatic N) is 1. The molecule has 0 aliphatic heterocycles. The molecular formula is C24H24N4O2. The fourth-order valence-electron chi connectivity index (χ4n) is 3.60. The molecule has 4 rings (SSSR count). The Balaban J connectivity index is 1.87. The fourth-order valence-corrected chi connectivity index (χ4v) is 3.60. The second-order valence-electron chi connectivity index (χ2n) is 7.23. The lowest BCUT2D eigenvalue weighted by atomic mass is 10.0. The summed E-state index contributed by atoms with van der Waals surface area (Å²) in [6, 6.07) is 18.1. The van der Waals surface area contributed by atoms with Crippen molar-refractivity contribution in [1.29, 1.82) is 0 Å². The lowest BCUT2D eigenvalue weighted by Gasteiger charge is -2.18. The number of nitrogens with one attached hydrogen (secondary N) is 3. The number of rotatable bonds is 4. The molecule has 6 nitrogen and oxygen atoms in total. The lowest BCUT2D eigenvalue weighted by Crippen LogP contribution is -2.11. The van der Waals surface area contributed by atoms with Crippen LogP contribution in [0.2, 0.25) is 0 Å². The number of fused-ring (bicyclic) bond motifs is 2. The highest BCUT2D eigenvalue weighted by molar-refractivity contribution is 6.10. The summed E-state index contributed by atoms with van der Waals surface area (Å²) in [7, 11) is 3.19. The molecule has 152 valence electrons. The SMILES string of the molecule is CNc1cc(NC(=O)OC)ccc1Nc1c2ccc(C)cc2nc2c(C)cccc12. The molecule has 0 radical (unpaired) electrons. The van der Waals surface area contributed by atoms with Gasteiger partial charge in [0.25, 0.3) is 0 Å². The number of anilines is 4. The third-order valence-corrected chi connectivity index (χ3v) is 5.14. The zero-order chi connectivity index (χ0) is 21.3. The maximum absolute atomic E-state index is 11.5. The molecule has 4 aromatic rings. The number of aromatic nitrogens is 1. The van der Waals surface area contributed by atoms with Crippen molar-refractivity contribution >= 4 is 50.6 Å². The topological polar surface area (TPSA) is 75.3 Å². The van der Waals surface area contributed by atoms with E-state index in [1.807, 2.05) is 31.3 Å². The molecule has 0 fully saturated rings. The molecule has 1 aromatic heterocycles. The van der Waals surface area contributed by atoms with Crippen LogP contribution in [0.1, 0.15) is 11.1 Å². The van der Waals surface area contributed by atoms with Crippen molar-refractivity contribution in [1.82, 2.24) is 4.98 Å². The summed E-state index contributed by atoms with van der Waals surface area (Å²) in [5, 5.41) is 11.6. The molecule has 1 heterocycles. The number of hydrogen-bond donors (Lipinski definition) is 3. The standard InChI is InChI=1S/C24H24N4O2/c1-14-8-10-17-20(12-14)28-22-15(2)6-5-7-18(22)23(17)27-19-11-9-16(13-21(19)25-3)26-24(29)30-4/h5-13,25H,1-4H3,(H,26,29)(H,27,28). The molecule has 0 aliphatic rings. The van der Waals surface area contributed by atoms with E-state index in [2.05, 4.69) is 64.9 Å². The van der Waals surface area contributed by atoms with Gasteiger partial charge in [-0.05, 0) is 49.2 Å². The quantitative estimate of drug-likeness (QED) is 0.368. The average Bonchev–Trinajstić information content (AvgIpc) is 2.74. The van der Waals surface area contributed by atoms with Crippen molar-refractivity contribution in [2.75, 3.05) is 30.1 Å². The first-order valence-electron chi connectivity index (χ1n) is 9.73. The zero-order valence-corrected chi connectivity index (χ0v) is 17.5. The van der Waals surface area contributed by atoms with Gasteiger partial charge in [-0.25, -0.2) is 9.78 Å². The Morgan fingerprint density at radius 1 is 0.967 bits per heavy atom. The van der Waals surface area contributed by atoms with E-state index in [1.165, 1.54) is 12.7 Å². The van der Waals surface area contributed by atoms with Crippen molar-refractivity contribution in [3.8, 4) is 0 Å². The van der Waals surface area contributed by atoms with Crippen molar-refractivity contribution in [3.63, 3.8) is 0 Å². The van der Waals surface area contributed by atoms with Gasteiger partial charge in [-0.2, -0.15) is 0 Å². The summed E-state index contributed by atoms with van der Waals surface area (Å²) >= 11 is 0. The van der Waals surface area contributed by atoms with Gasteiger partial charge >= 0.3 is 6.09 Å². The first-order chi connectivity index (χ1) is 14.5. The second kappa shape index (κ2) is 7.91. The van der Waals surface area contributed by atoms with E-state index in [1.54, 1.807) is 0 Å². The molecule has 0 saturated heterocycles. The number of para-hydroxylation sites is 1. The van der Waals surface area contributed by atoms with Crippen LogP contribution in [-0.4, -0.2) is 25.2 Å². The van der Waals surface area contributed by atoms with Gasteiger partial charge in [0.2, 0.25) is 0 Å². The smallest absolute Gasteiger partial charge is 0.411 e. The fraction of sp³-hybridized carbons (Fsp3) is 0.167. The molecule has 3 aromatic carbocycles. The molecule has 0 saturated carbocycles. The average molecular weight is 400 g/mol. The number of hydrogen-bond acceptors (Lipinski definition) is 5. The largest absolute Gasteiger partial charge is 0.453 e. The van der Waals surface area contributed by atoms with E-state index in [0.29, 0.717) is 5.69 Å². The highest BCUT2D eigenvalue weighted by Crippen LogP contribution is 2.37. The number of carbonyl (C=O) groups excluding carboxylic acids is 1. The number of amides is 1. The predicted octanol–water partition coefficient (Wildman–Crippen LogP) is 5.97. The van der Waals surface area contributed by atoms with Crippen molar-refractivity contribution < 1.29 is 9.53 Å². The summed E-state index contributed by atoms with van der Waals surface area (Å²) in [5.74, 6) is 0. The Bertz CT molecular complexity index is 1270. The minimum absolute atomic E-state index is 0.505. The van der Waals surface area contributed by atoms with Gasteiger partial charge in [-0.15, -0.1) is 0 Å². The number of pyridine rings is 1. The Kier molecular flexibility index (Phi) is 5.14. The number of benzene rings is 3. The molecule has 3 N–H and O–H groups in total. The van der Waals surface area contributed by atoms with Gasteiger partial charge < -0.3 is 15.4 Å². The molecule has 0 aliphatic carbocycles. The first kappa shape index (κ1) is 19.5. The van der Waals surface area contributed by atoms with Crippen molar-refractivity contribution in [3.05, 3.63) is 65.7 Å². The van der Waals surface area contributed by atoms with Gasteiger partial charge in [0.05, 0.1) is 35.2 Å². The summed E-state index contributed by atoms with van der Waals surface area (Å²) in [6.45, 7) is 4.15. The summed E-state index contributed by atoms with van der Waals surface area (Å²) in [6.07, 6.45) is -0.505. The van der Waals surface area contributed by atoms with Gasteiger partial charge in [0.15, 0.2) is 0 Å². The number of carbonyl (C=O) groups is 1. The predicted molar refractivity (Wildman–Crippen MR) is 124 cm³/mol. The Hall–Kier alpha value is -3.80. The number of methoxy groups -OCH3 is 1. The second-order valence-corrected chi connectivity index (χ2v) is 7.23. The van der Waals surface area contributed by atoms with Crippen LogP contribution in [0, 0.1) is 13.8 Å².